The van der Waals surface area contributed by atoms with E-state index in [1.165, 1.54) is 4.90 Å². The maximum atomic E-state index is 11.9. The lowest BCUT2D eigenvalue weighted by molar-refractivity contribution is 0.0827. The second-order valence-electron chi connectivity index (χ2n) is 4.38. The van der Waals surface area contributed by atoms with Crippen LogP contribution < -0.4 is 0 Å². The van der Waals surface area contributed by atoms with Crippen molar-refractivity contribution in [1.82, 2.24) is 9.88 Å². The summed E-state index contributed by atoms with van der Waals surface area (Å²) in [7, 11) is 3.42. The standard InChI is InChI=1S/C14H12N2O3/c1-16(2)14(17)9-5-6-10-12(8-9)19-13(15-10)11-4-3-7-18-11/h3-8H,1-2H3. The third kappa shape index (κ3) is 1.99. The van der Waals surface area contributed by atoms with Gasteiger partial charge in [-0.1, -0.05) is 0 Å². The highest BCUT2D eigenvalue weighted by Gasteiger charge is 2.14. The van der Waals surface area contributed by atoms with Crippen LogP contribution in [0.3, 0.4) is 0 Å². The third-order valence-electron chi connectivity index (χ3n) is 2.77. The highest BCUT2D eigenvalue weighted by molar-refractivity contribution is 5.96. The second-order valence-corrected chi connectivity index (χ2v) is 4.38. The Labute approximate surface area is 109 Å². The van der Waals surface area contributed by atoms with Gasteiger partial charge in [0.15, 0.2) is 11.3 Å². The van der Waals surface area contributed by atoms with Gasteiger partial charge in [0.25, 0.3) is 11.8 Å². The smallest absolute Gasteiger partial charge is 0.263 e. The van der Waals surface area contributed by atoms with Gasteiger partial charge < -0.3 is 13.7 Å². The van der Waals surface area contributed by atoms with E-state index < -0.39 is 0 Å². The molecule has 0 N–H and O–H groups in total. The number of amides is 1. The molecule has 5 nitrogen and oxygen atoms in total. The zero-order valence-corrected chi connectivity index (χ0v) is 10.6. The fourth-order valence-corrected chi connectivity index (χ4v) is 1.82. The summed E-state index contributed by atoms with van der Waals surface area (Å²) in [4.78, 5) is 17.7. The largest absolute Gasteiger partial charge is 0.459 e. The zero-order valence-electron chi connectivity index (χ0n) is 10.6. The van der Waals surface area contributed by atoms with Gasteiger partial charge in [-0.3, -0.25) is 4.79 Å². The molecule has 96 valence electrons. The molecule has 2 aromatic heterocycles. The molecule has 0 unspecified atom stereocenters. The molecule has 0 aliphatic carbocycles. The van der Waals surface area contributed by atoms with E-state index in [1.807, 2.05) is 0 Å². The van der Waals surface area contributed by atoms with Crippen molar-refractivity contribution in [3.05, 3.63) is 42.2 Å². The first-order valence-electron chi connectivity index (χ1n) is 5.81. The minimum Gasteiger partial charge on any atom is -0.459 e. The molecule has 0 bridgehead atoms. The molecule has 3 aromatic rings. The number of hydrogen-bond acceptors (Lipinski definition) is 4. The Morgan fingerprint density at radius 3 is 2.79 bits per heavy atom. The number of fused-ring (bicyclic) bond motifs is 1. The molecular weight excluding hydrogens is 244 g/mol. The number of hydrogen-bond donors (Lipinski definition) is 0. The van der Waals surface area contributed by atoms with E-state index in [4.69, 9.17) is 8.83 Å². The van der Waals surface area contributed by atoms with Gasteiger partial charge in [-0.25, -0.2) is 4.98 Å². The molecule has 19 heavy (non-hydrogen) atoms. The number of aromatic nitrogens is 1. The number of benzene rings is 1. The first-order valence-corrected chi connectivity index (χ1v) is 5.81. The van der Waals surface area contributed by atoms with E-state index in [9.17, 15) is 4.79 Å². The third-order valence-corrected chi connectivity index (χ3v) is 2.77. The number of carbonyl (C=O) groups is 1. The molecule has 3 rings (SSSR count). The van der Waals surface area contributed by atoms with Crippen LogP contribution in [0, 0.1) is 0 Å². The van der Waals surface area contributed by atoms with Crippen LogP contribution in [0.25, 0.3) is 22.8 Å². The highest BCUT2D eigenvalue weighted by atomic mass is 16.4. The molecule has 1 amide bonds. The van der Waals surface area contributed by atoms with Gasteiger partial charge >= 0.3 is 0 Å². The average molecular weight is 256 g/mol. The van der Waals surface area contributed by atoms with Crippen molar-refractivity contribution in [3.8, 4) is 11.7 Å². The maximum absolute atomic E-state index is 11.9. The summed E-state index contributed by atoms with van der Waals surface area (Å²) in [5.74, 6) is 0.906. The number of nitrogens with zero attached hydrogens (tertiary/aromatic N) is 2. The Kier molecular flexibility index (Phi) is 2.59. The molecule has 2 heterocycles. The topological polar surface area (TPSA) is 59.5 Å². The number of oxazole rings is 1. The zero-order chi connectivity index (χ0) is 13.4. The van der Waals surface area contributed by atoms with Crippen molar-refractivity contribution in [1.29, 1.82) is 0 Å². The van der Waals surface area contributed by atoms with Gasteiger partial charge in [-0.15, -0.1) is 0 Å². The van der Waals surface area contributed by atoms with Crippen molar-refractivity contribution in [2.45, 2.75) is 0 Å². The van der Waals surface area contributed by atoms with E-state index >= 15 is 0 Å². The van der Waals surface area contributed by atoms with Crippen LogP contribution in [0.4, 0.5) is 0 Å². The molecule has 0 saturated carbocycles. The Balaban J connectivity index is 2.07. The fourth-order valence-electron chi connectivity index (χ4n) is 1.82. The number of rotatable bonds is 2. The van der Waals surface area contributed by atoms with Gasteiger partial charge in [0.1, 0.15) is 5.52 Å². The number of carbonyl (C=O) groups excluding carboxylic acids is 1. The van der Waals surface area contributed by atoms with Gasteiger partial charge in [-0.2, -0.15) is 0 Å². The first-order chi connectivity index (χ1) is 9.15. The molecule has 0 saturated heterocycles. The quantitative estimate of drug-likeness (QED) is 0.707. The second kappa shape index (κ2) is 4.28. The Hall–Kier alpha value is -2.56. The molecule has 0 atom stereocenters. The van der Waals surface area contributed by atoms with Crippen LogP contribution in [-0.2, 0) is 0 Å². The summed E-state index contributed by atoms with van der Waals surface area (Å²) < 4.78 is 10.8. The molecule has 0 aliphatic heterocycles. The van der Waals surface area contributed by atoms with E-state index in [0.29, 0.717) is 28.3 Å². The van der Waals surface area contributed by atoms with Crippen molar-refractivity contribution in [2.24, 2.45) is 0 Å². The van der Waals surface area contributed by atoms with Crippen molar-refractivity contribution >= 4 is 17.0 Å². The lowest BCUT2D eigenvalue weighted by Crippen LogP contribution is -2.21. The van der Waals surface area contributed by atoms with Crippen molar-refractivity contribution < 1.29 is 13.6 Å². The normalized spacial score (nSPS) is 10.8. The molecule has 0 aliphatic rings. The minimum atomic E-state index is -0.0714. The average Bonchev–Trinajstić information content (AvgIpc) is 3.05. The molecule has 5 heteroatoms. The van der Waals surface area contributed by atoms with E-state index in [1.54, 1.807) is 50.7 Å². The predicted molar refractivity (Wildman–Crippen MR) is 69.7 cm³/mol. The lowest BCUT2D eigenvalue weighted by Gasteiger charge is -2.09. The van der Waals surface area contributed by atoms with Gasteiger partial charge in [0.05, 0.1) is 6.26 Å². The highest BCUT2D eigenvalue weighted by Crippen LogP contribution is 2.25. The SMILES string of the molecule is CN(C)C(=O)c1ccc2nc(-c3ccco3)oc2c1. The summed E-state index contributed by atoms with van der Waals surface area (Å²) >= 11 is 0. The Morgan fingerprint density at radius 2 is 2.11 bits per heavy atom. The van der Waals surface area contributed by atoms with E-state index in [0.717, 1.165) is 0 Å². The number of furan rings is 1. The minimum absolute atomic E-state index is 0.0714. The van der Waals surface area contributed by atoms with Crippen LogP contribution in [0.2, 0.25) is 0 Å². The molecule has 0 spiro atoms. The van der Waals surface area contributed by atoms with Crippen LogP contribution in [0.15, 0.2) is 45.4 Å². The molecular formula is C14H12N2O3. The van der Waals surface area contributed by atoms with Gasteiger partial charge in [-0.05, 0) is 30.3 Å². The summed E-state index contributed by atoms with van der Waals surface area (Å²) in [5, 5.41) is 0. The van der Waals surface area contributed by atoms with E-state index in [2.05, 4.69) is 4.98 Å². The Morgan fingerprint density at radius 1 is 1.26 bits per heavy atom. The summed E-state index contributed by atoms with van der Waals surface area (Å²) in [6.45, 7) is 0. The van der Waals surface area contributed by atoms with Gasteiger partial charge in [0, 0.05) is 19.7 Å². The first kappa shape index (κ1) is 11.5. The monoisotopic (exact) mass is 256 g/mol. The van der Waals surface area contributed by atoms with Crippen LogP contribution in [0.5, 0.6) is 0 Å². The maximum Gasteiger partial charge on any atom is 0.263 e. The van der Waals surface area contributed by atoms with E-state index in [-0.39, 0.29) is 5.91 Å². The summed E-state index contributed by atoms with van der Waals surface area (Å²) in [6, 6.07) is 8.74. The van der Waals surface area contributed by atoms with Crippen LogP contribution in [0.1, 0.15) is 10.4 Å². The lowest BCUT2D eigenvalue weighted by atomic mass is 10.2. The van der Waals surface area contributed by atoms with Gasteiger partial charge in [0.2, 0.25) is 0 Å². The molecule has 1 aromatic carbocycles. The Bertz CT molecular complexity index is 726. The van der Waals surface area contributed by atoms with Crippen molar-refractivity contribution in [2.75, 3.05) is 14.1 Å². The predicted octanol–water partition coefficient (Wildman–Crippen LogP) is 2.79. The van der Waals surface area contributed by atoms with Crippen LogP contribution >= 0.6 is 0 Å². The fraction of sp³-hybridized carbons (Fsp3) is 0.143. The van der Waals surface area contributed by atoms with Crippen molar-refractivity contribution in [3.63, 3.8) is 0 Å². The summed E-state index contributed by atoms with van der Waals surface area (Å²) in [5.41, 5.74) is 1.83. The van der Waals surface area contributed by atoms with Crippen LogP contribution in [-0.4, -0.2) is 29.9 Å². The molecule has 0 fully saturated rings. The summed E-state index contributed by atoms with van der Waals surface area (Å²) in [6.07, 6.45) is 1.56. The molecule has 0 radical (unpaired) electrons.